The van der Waals surface area contributed by atoms with Gasteiger partial charge in [0, 0.05) is 19.6 Å². The molecule has 4 nitrogen and oxygen atoms in total. The number of hydrogen-bond acceptors (Lipinski definition) is 2. The zero-order valence-electron chi connectivity index (χ0n) is 10.7. The van der Waals surface area contributed by atoms with Crippen molar-refractivity contribution in [3.8, 4) is 0 Å². The van der Waals surface area contributed by atoms with Gasteiger partial charge in [0.15, 0.2) is 0 Å². The van der Waals surface area contributed by atoms with Gasteiger partial charge in [0.2, 0.25) is 0 Å². The molecular weight excluding hydrogens is 214 g/mol. The van der Waals surface area contributed by atoms with E-state index in [0.29, 0.717) is 6.54 Å². The van der Waals surface area contributed by atoms with Crippen molar-refractivity contribution >= 4 is 6.03 Å². The molecule has 0 aromatic heterocycles. The van der Waals surface area contributed by atoms with Gasteiger partial charge in [-0.1, -0.05) is 19.3 Å². The van der Waals surface area contributed by atoms with Crippen LogP contribution in [0.1, 0.15) is 51.4 Å². The largest absolute Gasteiger partial charge is 0.331 e. The van der Waals surface area contributed by atoms with Gasteiger partial charge in [-0.15, -0.1) is 0 Å². The Labute approximate surface area is 104 Å². The zero-order valence-corrected chi connectivity index (χ0v) is 10.7. The van der Waals surface area contributed by atoms with Crippen molar-refractivity contribution in [3.05, 3.63) is 0 Å². The maximum atomic E-state index is 12.2. The molecule has 0 aromatic rings. The van der Waals surface area contributed by atoms with Gasteiger partial charge >= 0.3 is 6.03 Å². The molecule has 0 atom stereocenters. The highest BCUT2D eigenvalue weighted by Gasteiger charge is 2.33. The summed E-state index contributed by atoms with van der Waals surface area (Å²) in [7, 11) is 0. The van der Waals surface area contributed by atoms with Crippen molar-refractivity contribution in [3.63, 3.8) is 0 Å². The number of nitrogens with one attached hydrogen (secondary N) is 1. The second-order valence-corrected chi connectivity index (χ2v) is 5.52. The Balaban J connectivity index is 1.90. The predicted octanol–water partition coefficient (Wildman–Crippen LogP) is 1.84. The second-order valence-electron chi connectivity index (χ2n) is 5.52. The van der Waals surface area contributed by atoms with Gasteiger partial charge in [0.1, 0.15) is 0 Å². The topological polar surface area (TPSA) is 58.4 Å². The lowest BCUT2D eigenvalue weighted by Gasteiger charge is -2.39. The van der Waals surface area contributed by atoms with E-state index in [9.17, 15) is 4.79 Å². The lowest BCUT2D eigenvalue weighted by atomic mass is 9.82. The Morgan fingerprint density at radius 3 is 2.24 bits per heavy atom. The summed E-state index contributed by atoms with van der Waals surface area (Å²) in [5, 5.41) is 3.21. The van der Waals surface area contributed by atoms with Gasteiger partial charge < -0.3 is 16.0 Å². The van der Waals surface area contributed by atoms with Gasteiger partial charge in [-0.3, -0.25) is 0 Å². The number of piperidine rings is 1. The van der Waals surface area contributed by atoms with Gasteiger partial charge in [-0.25, -0.2) is 4.79 Å². The molecule has 17 heavy (non-hydrogen) atoms. The first-order valence-electron chi connectivity index (χ1n) is 7.03. The van der Waals surface area contributed by atoms with Gasteiger partial charge in [-0.2, -0.15) is 0 Å². The highest BCUT2D eigenvalue weighted by Crippen LogP contribution is 2.27. The molecule has 2 fully saturated rings. The van der Waals surface area contributed by atoms with Crippen LogP contribution in [0.4, 0.5) is 4.79 Å². The minimum absolute atomic E-state index is 0.108. The van der Waals surface area contributed by atoms with Crippen LogP contribution in [0.5, 0.6) is 0 Å². The Hall–Kier alpha value is -0.770. The average Bonchev–Trinajstić information content (AvgIpc) is 2.41. The Bertz CT molecular complexity index is 255. The predicted molar refractivity (Wildman–Crippen MR) is 68.8 cm³/mol. The minimum atomic E-state index is -0.118. The second kappa shape index (κ2) is 5.71. The summed E-state index contributed by atoms with van der Waals surface area (Å²) in [5.74, 6) is 0. The SMILES string of the molecule is NCC1(NC(=O)N2CCCCC2)CCCCC1. The molecule has 1 aliphatic heterocycles. The van der Waals surface area contributed by atoms with Crippen LogP contribution in [0.3, 0.4) is 0 Å². The van der Waals surface area contributed by atoms with Crippen molar-refractivity contribution in [2.24, 2.45) is 5.73 Å². The molecule has 0 radical (unpaired) electrons. The smallest absolute Gasteiger partial charge is 0.317 e. The molecule has 2 amide bonds. The number of amides is 2. The van der Waals surface area contributed by atoms with E-state index < -0.39 is 0 Å². The summed E-state index contributed by atoms with van der Waals surface area (Å²) in [6, 6.07) is 0.108. The fraction of sp³-hybridized carbons (Fsp3) is 0.923. The molecule has 1 saturated heterocycles. The lowest BCUT2D eigenvalue weighted by molar-refractivity contribution is 0.161. The molecule has 0 spiro atoms. The van der Waals surface area contributed by atoms with Crippen LogP contribution in [0.2, 0.25) is 0 Å². The Morgan fingerprint density at radius 1 is 1.06 bits per heavy atom. The van der Waals surface area contributed by atoms with Crippen molar-refractivity contribution < 1.29 is 4.79 Å². The van der Waals surface area contributed by atoms with Crippen molar-refractivity contribution in [1.29, 1.82) is 0 Å². The highest BCUT2D eigenvalue weighted by atomic mass is 16.2. The van der Waals surface area contributed by atoms with E-state index >= 15 is 0 Å². The fourth-order valence-electron chi connectivity index (χ4n) is 3.01. The first-order valence-corrected chi connectivity index (χ1v) is 7.03. The number of rotatable bonds is 2. The van der Waals surface area contributed by atoms with E-state index in [1.807, 2.05) is 4.90 Å². The quantitative estimate of drug-likeness (QED) is 0.772. The number of carbonyl (C=O) groups excluding carboxylic acids is 1. The van der Waals surface area contributed by atoms with Crippen LogP contribution < -0.4 is 11.1 Å². The Morgan fingerprint density at radius 2 is 1.65 bits per heavy atom. The molecule has 1 heterocycles. The number of nitrogens with zero attached hydrogens (tertiary/aromatic N) is 1. The number of nitrogens with two attached hydrogens (primary N) is 1. The number of urea groups is 1. The molecule has 0 bridgehead atoms. The first-order chi connectivity index (χ1) is 8.26. The molecule has 1 aliphatic carbocycles. The standard InChI is InChI=1S/C13H25N3O/c14-11-13(7-3-1-4-8-13)15-12(17)16-9-5-2-6-10-16/h1-11,14H2,(H,15,17). The van der Waals surface area contributed by atoms with Crippen LogP contribution in [0, 0.1) is 0 Å². The van der Waals surface area contributed by atoms with Crippen molar-refractivity contribution in [2.75, 3.05) is 19.6 Å². The molecule has 4 heteroatoms. The van der Waals surface area contributed by atoms with E-state index in [1.165, 1.54) is 25.7 Å². The summed E-state index contributed by atoms with van der Waals surface area (Å²) in [5.41, 5.74) is 5.76. The van der Waals surface area contributed by atoms with Crippen LogP contribution in [-0.2, 0) is 0 Å². The van der Waals surface area contributed by atoms with Crippen LogP contribution >= 0.6 is 0 Å². The monoisotopic (exact) mass is 239 g/mol. The molecular formula is C13H25N3O. The fourth-order valence-corrected chi connectivity index (χ4v) is 3.01. The maximum Gasteiger partial charge on any atom is 0.317 e. The molecule has 3 N–H and O–H groups in total. The van der Waals surface area contributed by atoms with Crippen molar-refractivity contribution in [1.82, 2.24) is 10.2 Å². The van der Waals surface area contributed by atoms with Gasteiger partial charge in [-0.05, 0) is 32.1 Å². The highest BCUT2D eigenvalue weighted by molar-refractivity contribution is 5.75. The van der Waals surface area contributed by atoms with Crippen LogP contribution in [-0.4, -0.2) is 36.1 Å². The first kappa shape index (κ1) is 12.7. The van der Waals surface area contributed by atoms with Gasteiger partial charge in [0.05, 0.1) is 5.54 Å². The normalized spacial score (nSPS) is 24.4. The third kappa shape index (κ3) is 3.12. The maximum absolute atomic E-state index is 12.2. The zero-order chi connectivity index (χ0) is 12.1. The van der Waals surface area contributed by atoms with E-state index in [1.54, 1.807) is 0 Å². The van der Waals surface area contributed by atoms with Crippen LogP contribution in [0.15, 0.2) is 0 Å². The Kier molecular flexibility index (Phi) is 4.26. The number of carbonyl (C=O) groups is 1. The molecule has 98 valence electrons. The summed E-state index contributed by atoms with van der Waals surface area (Å²) in [4.78, 5) is 14.1. The lowest BCUT2D eigenvalue weighted by Crippen LogP contribution is -2.58. The minimum Gasteiger partial charge on any atom is -0.331 e. The molecule has 2 rings (SSSR count). The molecule has 0 unspecified atom stereocenters. The van der Waals surface area contributed by atoms with E-state index in [4.69, 9.17) is 5.73 Å². The third-order valence-electron chi connectivity index (χ3n) is 4.22. The molecule has 1 saturated carbocycles. The van der Waals surface area contributed by atoms with E-state index in [-0.39, 0.29) is 11.6 Å². The summed E-state index contributed by atoms with van der Waals surface area (Å²) >= 11 is 0. The van der Waals surface area contributed by atoms with Crippen molar-refractivity contribution in [2.45, 2.75) is 56.9 Å². The molecule has 0 aromatic carbocycles. The summed E-state index contributed by atoms with van der Waals surface area (Å²) < 4.78 is 0. The number of hydrogen-bond donors (Lipinski definition) is 2. The van der Waals surface area contributed by atoms with E-state index in [0.717, 1.165) is 38.8 Å². The molecule has 2 aliphatic rings. The third-order valence-corrected chi connectivity index (χ3v) is 4.22. The van der Waals surface area contributed by atoms with Crippen LogP contribution in [0.25, 0.3) is 0 Å². The van der Waals surface area contributed by atoms with Gasteiger partial charge in [0.25, 0.3) is 0 Å². The number of likely N-dealkylation sites (tertiary alicyclic amines) is 1. The summed E-state index contributed by atoms with van der Waals surface area (Å²) in [6.07, 6.45) is 9.29. The average molecular weight is 239 g/mol. The summed E-state index contributed by atoms with van der Waals surface area (Å²) in [6.45, 7) is 2.39. The van der Waals surface area contributed by atoms with E-state index in [2.05, 4.69) is 5.32 Å².